The van der Waals surface area contributed by atoms with Crippen LogP contribution < -0.4 is 5.32 Å². The highest BCUT2D eigenvalue weighted by Gasteiger charge is 2.12. The summed E-state index contributed by atoms with van der Waals surface area (Å²) in [5, 5.41) is 3.36. The Labute approximate surface area is 99.0 Å². The quantitative estimate of drug-likeness (QED) is 0.797. The molecule has 0 aromatic heterocycles. The van der Waals surface area contributed by atoms with Crippen LogP contribution in [0.1, 0.15) is 31.0 Å². The highest BCUT2D eigenvalue weighted by molar-refractivity contribution is 5.25. The molecule has 1 aromatic carbocycles. The third-order valence-corrected chi connectivity index (χ3v) is 2.91. The first-order chi connectivity index (χ1) is 7.69. The van der Waals surface area contributed by atoms with Gasteiger partial charge < -0.3 is 10.1 Å². The van der Waals surface area contributed by atoms with Crippen molar-refractivity contribution in [3.63, 3.8) is 0 Å². The molecular weight excluding hydrogens is 198 g/mol. The van der Waals surface area contributed by atoms with Crippen LogP contribution in [0.15, 0.2) is 24.3 Å². The minimum Gasteiger partial charge on any atom is -0.384 e. The van der Waals surface area contributed by atoms with E-state index in [9.17, 15) is 0 Å². The second-order valence-corrected chi connectivity index (χ2v) is 4.49. The lowest BCUT2D eigenvalue weighted by atomic mass is 9.95. The molecule has 0 aliphatic heterocycles. The van der Waals surface area contributed by atoms with E-state index in [1.165, 1.54) is 11.1 Å². The number of nitrogens with one attached hydrogen (secondary N) is 1. The normalized spacial score (nSPS) is 13.1. The van der Waals surface area contributed by atoms with Gasteiger partial charge >= 0.3 is 0 Å². The predicted octanol–water partition coefficient (Wildman–Crippen LogP) is 2.79. The van der Waals surface area contributed by atoms with Gasteiger partial charge in [-0.05, 0) is 30.5 Å². The summed E-state index contributed by atoms with van der Waals surface area (Å²) in [6.45, 7) is 5.26. The Kier molecular flexibility index (Phi) is 5.50. The van der Waals surface area contributed by atoms with Gasteiger partial charge in [0.25, 0.3) is 0 Å². The number of methoxy groups -OCH3 is 1. The average Bonchev–Trinajstić information content (AvgIpc) is 2.28. The second-order valence-electron chi connectivity index (χ2n) is 4.49. The molecule has 1 unspecified atom stereocenters. The molecular formula is C14H23NO. The molecule has 0 radical (unpaired) electrons. The Morgan fingerprint density at radius 2 is 1.81 bits per heavy atom. The zero-order valence-electron chi connectivity index (χ0n) is 10.8. The van der Waals surface area contributed by atoms with Gasteiger partial charge in [0.15, 0.2) is 0 Å². The Morgan fingerprint density at radius 1 is 1.19 bits per heavy atom. The second kappa shape index (κ2) is 6.66. The minimum absolute atomic E-state index is 0.441. The Morgan fingerprint density at radius 3 is 2.25 bits per heavy atom. The summed E-state index contributed by atoms with van der Waals surface area (Å²) in [7, 11) is 3.76. The fourth-order valence-corrected chi connectivity index (χ4v) is 2.00. The SMILES string of the molecule is CNC(c1ccc(CCOC)cc1)C(C)C. The summed E-state index contributed by atoms with van der Waals surface area (Å²) in [6.07, 6.45) is 0.989. The molecule has 0 saturated heterocycles. The molecule has 0 amide bonds. The molecule has 16 heavy (non-hydrogen) atoms. The molecule has 90 valence electrons. The number of hydrogen-bond donors (Lipinski definition) is 1. The van der Waals surface area contributed by atoms with Gasteiger partial charge in [-0.15, -0.1) is 0 Å². The van der Waals surface area contributed by atoms with Crippen LogP contribution in [0.5, 0.6) is 0 Å². The van der Waals surface area contributed by atoms with E-state index in [2.05, 4.69) is 43.4 Å². The topological polar surface area (TPSA) is 21.3 Å². The molecule has 0 aliphatic rings. The maximum absolute atomic E-state index is 5.07. The standard InChI is InChI=1S/C14H23NO/c1-11(2)14(15-3)13-7-5-12(6-8-13)9-10-16-4/h5-8,11,14-15H,9-10H2,1-4H3. The van der Waals surface area contributed by atoms with E-state index in [1.54, 1.807) is 7.11 Å². The third-order valence-electron chi connectivity index (χ3n) is 2.91. The van der Waals surface area contributed by atoms with Crippen LogP contribution in [-0.4, -0.2) is 20.8 Å². The fraction of sp³-hybridized carbons (Fsp3) is 0.571. The van der Waals surface area contributed by atoms with Crippen LogP contribution in [-0.2, 0) is 11.2 Å². The predicted molar refractivity (Wildman–Crippen MR) is 68.7 cm³/mol. The highest BCUT2D eigenvalue weighted by Crippen LogP contribution is 2.21. The molecule has 0 aliphatic carbocycles. The van der Waals surface area contributed by atoms with Gasteiger partial charge in [0.2, 0.25) is 0 Å². The zero-order valence-corrected chi connectivity index (χ0v) is 10.8. The molecule has 0 fully saturated rings. The van der Waals surface area contributed by atoms with Crippen LogP contribution in [0.3, 0.4) is 0 Å². The van der Waals surface area contributed by atoms with Crippen molar-refractivity contribution in [1.82, 2.24) is 5.32 Å². The lowest BCUT2D eigenvalue weighted by Crippen LogP contribution is -2.21. The van der Waals surface area contributed by atoms with Gasteiger partial charge in [0, 0.05) is 13.2 Å². The molecule has 0 spiro atoms. The molecule has 2 heteroatoms. The maximum Gasteiger partial charge on any atom is 0.0502 e. The lowest BCUT2D eigenvalue weighted by Gasteiger charge is -2.20. The zero-order chi connectivity index (χ0) is 12.0. The van der Waals surface area contributed by atoms with E-state index >= 15 is 0 Å². The summed E-state index contributed by atoms with van der Waals surface area (Å²) >= 11 is 0. The van der Waals surface area contributed by atoms with Crippen molar-refractivity contribution in [2.45, 2.75) is 26.3 Å². The van der Waals surface area contributed by atoms with Gasteiger partial charge in [-0.2, -0.15) is 0 Å². The van der Waals surface area contributed by atoms with Gasteiger partial charge in [0.05, 0.1) is 6.61 Å². The van der Waals surface area contributed by atoms with Crippen LogP contribution >= 0.6 is 0 Å². The molecule has 1 N–H and O–H groups in total. The number of rotatable bonds is 6. The van der Waals surface area contributed by atoms with Crippen LogP contribution in [0.2, 0.25) is 0 Å². The van der Waals surface area contributed by atoms with E-state index in [4.69, 9.17) is 4.74 Å². The van der Waals surface area contributed by atoms with Crippen molar-refractivity contribution in [2.75, 3.05) is 20.8 Å². The third kappa shape index (κ3) is 3.62. The molecule has 1 aromatic rings. The maximum atomic E-state index is 5.07. The average molecular weight is 221 g/mol. The first kappa shape index (κ1) is 13.2. The first-order valence-electron chi connectivity index (χ1n) is 5.94. The number of benzene rings is 1. The Balaban J connectivity index is 2.69. The summed E-state index contributed by atoms with van der Waals surface area (Å²) in [5.41, 5.74) is 2.70. The molecule has 0 saturated carbocycles. The summed E-state index contributed by atoms with van der Waals surface area (Å²) in [5.74, 6) is 0.606. The Bertz CT molecular complexity index is 292. The fourth-order valence-electron chi connectivity index (χ4n) is 2.00. The molecule has 0 bridgehead atoms. The number of ether oxygens (including phenoxy) is 1. The van der Waals surface area contributed by atoms with E-state index in [-0.39, 0.29) is 0 Å². The number of hydrogen-bond acceptors (Lipinski definition) is 2. The van der Waals surface area contributed by atoms with Crippen LogP contribution in [0, 0.1) is 5.92 Å². The van der Waals surface area contributed by atoms with Gasteiger partial charge in [-0.25, -0.2) is 0 Å². The monoisotopic (exact) mass is 221 g/mol. The van der Waals surface area contributed by atoms with E-state index < -0.39 is 0 Å². The van der Waals surface area contributed by atoms with Crippen LogP contribution in [0.4, 0.5) is 0 Å². The van der Waals surface area contributed by atoms with Gasteiger partial charge in [-0.1, -0.05) is 38.1 Å². The smallest absolute Gasteiger partial charge is 0.0502 e. The highest BCUT2D eigenvalue weighted by atomic mass is 16.5. The summed E-state index contributed by atoms with van der Waals surface area (Å²) in [4.78, 5) is 0. The van der Waals surface area contributed by atoms with Gasteiger partial charge in [0.1, 0.15) is 0 Å². The van der Waals surface area contributed by atoms with E-state index in [0.29, 0.717) is 12.0 Å². The van der Waals surface area contributed by atoms with Crippen molar-refractivity contribution in [3.8, 4) is 0 Å². The summed E-state index contributed by atoms with van der Waals surface area (Å²) < 4.78 is 5.07. The van der Waals surface area contributed by atoms with Crippen molar-refractivity contribution >= 4 is 0 Å². The van der Waals surface area contributed by atoms with Crippen LogP contribution in [0.25, 0.3) is 0 Å². The molecule has 0 heterocycles. The molecule has 2 nitrogen and oxygen atoms in total. The van der Waals surface area contributed by atoms with Gasteiger partial charge in [-0.3, -0.25) is 0 Å². The van der Waals surface area contributed by atoms with Crippen molar-refractivity contribution < 1.29 is 4.74 Å². The van der Waals surface area contributed by atoms with E-state index in [0.717, 1.165) is 13.0 Å². The first-order valence-corrected chi connectivity index (χ1v) is 5.94. The molecule has 1 atom stereocenters. The Hall–Kier alpha value is -0.860. The van der Waals surface area contributed by atoms with Crippen molar-refractivity contribution in [3.05, 3.63) is 35.4 Å². The largest absolute Gasteiger partial charge is 0.384 e. The minimum atomic E-state index is 0.441. The van der Waals surface area contributed by atoms with E-state index in [1.807, 2.05) is 7.05 Å². The molecule has 1 rings (SSSR count). The van der Waals surface area contributed by atoms with Crippen molar-refractivity contribution in [1.29, 1.82) is 0 Å². The summed E-state index contributed by atoms with van der Waals surface area (Å²) in [6, 6.07) is 9.26. The lowest BCUT2D eigenvalue weighted by molar-refractivity contribution is 0.202. The van der Waals surface area contributed by atoms with Crippen molar-refractivity contribution in [2.24, 2.45) is 5.92 Å².